The molecule has 30 heavy (non-hydrogen) atoms. The van der Waals surface area contributed by atoms with E-state index >= 15 is 0 Å². The molecule has 150 valence electrons. The van der Waals surface area contributed by atoms with Crippen molar-refractivity contribution < 1.29 is 8.42 Å². The van der Waals surface area contributed by atoms with E-state index < -0.39 is 10.0 Å². The lowest BCUT2D eigenvalue weighted by Gasteiger charge is -2.21. The zero-order chi connectivity index (χ0) is 21.0. The van der Waals surface area contributed by atoms with Crippen LogP contribution in [0.15, 0.2) is 83.8 Å². The number of imidazole rings is 1. The highest BCUT2D eigenvalue weighted by atomic mass is 32.2. The molecular weight excluding hydrogens is 396 g/mol. The number of nitriles is 1. The molecule has 1 heterocycles. The molecule has 0 spiro atoms. The van der Waals surface area contributed by atoms with Crippen molar-refractivity contribution in [1.29, 1.82) is 5.26 Å². The number of rotatable bonds is 7. The summed E-state index contributed by atoms with van der Waals surface area (Å²) >= 11 is 0. The van der Waals surface area contributed by atoms with E-state index in [1.54, 1.807) is 18.2 Å². The van der Waals surface area contributed by atoms with Gasteiger partial charge in [0.2, 0.25) is 10.0 Å². The van der Waals surface area contributed by atoms with Crippen molar-refractivity contribution in [2.45, 2.75) is 17.9 Å². The molecular formula is C23H20N4O2S. The second kappa shape index (κ2) is 8.49. The van der Waals surface area contributed by atoms with Gasteiger partial charge in [0.25, 0.3) is 0 Å². The van der Waals surface area contributed by atoms with Crippen LogP contribution in [0.25, 0.3) is 22.4 Å². The average molecular weight is 417 g/mol. The van der Waals surface area contributed by atoms with Gasteiger partial charge in [-0.2, -0.15) is 9.57 Å². The van der Waals surface area contributed by atoms with Crippen molar-refractivity contribution in [2.24, 2.45) is 0 Å². The standard InChI is InChI=1S/C23H20N4O2S/c24-14-7-15-27(17-18-8-3-1-4-9-18)30(28,29)20-12-13-21-22(16-20)26-23(25-21)19-10-5-2-6-11-19/h1-6,8-13,16H,7,15,17H2,(H,25,26). The minimum Gasteiger partial charge on any atom is -0.338 e. The third-order valence-corrected chi connectivity index (χ3v) is 6.65. The fourth-order valence-electron chi connectivity index (χ4n) is 3.28. The molecule has 0 aliphatic heterocycles. The molecule has 6 nitrogen and oxygen atoms in total. The number of fused-ring (bicyclic) bond motifs is 1. The summed E-state index contributed by atoms with van der Waals surface area (Å²) in [6, 6.07) is 25.9. The summed E-state index contributed by atoms with van der Waals surface area (Å²) in [4.78, 5) is 7.94. The normalized spacial score (nSPS) is 11.6. The topological polar surface area (TPSA) is 89.8 Å². The highest BCUT2D eigenvalue weighted by Gasteiger charge is 2.25. The Hall–Kier alpha value is -3.47. The number of nitrogens with one attached hydrogen (secondary N) is 1. The lowest BCUT2D eigenvalue weighted by Crippen LogP contribution is -2.31. The number of hydrogen-bond acceptors (Lipinski definition) is 4. The number of nitrogens with zero attached hydrogens (tertiary/aromatic N) is 3. The predicted molar refractivity (Wildman–Crippen MR) is 116 cm³/mol. The van der Waals surface area contributed by atoms with Gasteiger partial charge in [0.05, 0.1) is 22.0 Å². The molecule has 1 N–H and O–H groups in total. The summed E-state index contributed by atoms with van der Waals surface area (Å²) in [7, 11) is -3.78. The molecule has 0 aliphatic carbocycles. The maximum absolute atomic E-state index is 13.3. The summed E-state index contributed by atoms with van der Waals surface area (Å²) in [5, 5.41) is 8.99. The van der Waals surface area contributed by atoms with Crippen LogP contribution >= 0.6 is 0 Å². The summed E-state index contributed by atoms with van der Waals surface area (Å²) in [6.45, 7) is 0.338. The van der Waals surface area contributed by atoms with Crippen molar-refractivity contribution in [3.63, 3.8) is 0 Å². The van der Waals surface area contributed by atoms with E-state index in [1.807, 2.05) is 66.7 Å². The Labute approximate surface area is 175 Å². The first-order valence-corrected chi connectivity index (χ1v) is 11.0. The third kappa shape index (κ3) is 4.10. The van der Waals surface area contributed by atoms with Crippen LogP contribution < -0.4 is 0 Å². The Bertz CT molecular complexity index is 1290. The molecule has 7 heteroatoms. The van der Waals surface area contributed by atoms with E-state index in [2.05, 4.69) is 9.97 Å². The number of sulfonamides is 1. The van der Waals surface area contributed by atoms with Gasteiger partial charge >= 0.3 is 0 Å². The van der Waals surface area contributed by atoms with Crippen molar-refractivity contribution in [3.8, 4) is 17.5 Å². The summed E-state index contributed by atoms with van der Waals surface area (Å²) in [5.41, 5.74) is 3.14. The van der Waals surface area contributed by atoms with Gasteiger partial charge in [-0.1, -0.05) is 60.7 Å². The van der Waals surface area contributed by atoms with Crippen molar-refractivity contribution in [2.75, 3.05) is 6.54 Å². The van der Waals surface area contributed by atoms with Crippen molar-refractivity contribution >= 4 is 21.1 Å². The first-order chi connectivity index (χ1) is 14.6. The first kappa shape index (κ1) is 19.8. The highest BCUT2D eigenvalue weighted by molar-refractivity contribution is 7.89. The Kier molecular flexibility index (Phi) is 5.61. The molecule has 0 fully saturated rings. The third-order valence-electron chi connectivity index (χ3n) is 4.81. The lowest BCUT2D eigenvalue weighted by atomic mass is 10.2. The molecule has 0 radical (unpaired) electrons. The minimum absolute atomic E-state index is 0.122. The molecule has 0 saturated heterocycles. The van der Waals surface area contributed by atoms with Crippen LogP contribution in [-0.4, -0.2) is 29.2 Å². The largest absolute Gasteiger partial charge is 0.338 e. The van der Waals surface area contributed by atoms with E-state index in [0.717, 1.165) is 11.1 Å². The molecule has 0 atom stereocenters. The van der Waals surface area contributed by atoms with Gasteiger partial charge in [-0.15, -0.1) is 0 Å². The molecule has 3 aromatic carbocycles. The molecule has 4 aromatic rings. The summed E-state index contributed by atoms with van der Waals surface area (Å²) in [5.74, 6) is 0.686. The zero-order valence-electron chi connectivity index (χ0n) is 16.2. The number of hydrogen-bond donors (Lipinski definition) is 1. The van der Waals surface area contributed by atoms with Crippen LogP contribution in [0.3, 0.4) is 0 Å². The molecule has 0 amide bonds. The lowest BCUT2D eigenvalue weighted by molar-refractivity contribution is 0.413. The zero-order valence-corrected chi connectivity index (χ0v) is 17.0. The molecule has 4 rings (SSSR count). The second-order valence-corrected chi connectivity index (χ2v) is 8.80. The summed E-state index contributed by atoms with van der Waals surface area (Å²) < 4.78 is 28.0. The highest BCUT2D eigenvalue weighted by Crippen LogP contribution is 2.25. The van der Waals surface area contributed by atoms with Crippen LogP contribution in [0.5, 0.6) is 0 Å². The Morgan fingerprint density at radius 1 is 0.967 bits per heavy atom. The van der Waals surface area contributed by atoms with Gasteiger partial charge in [-0.05, 0) is 23.8 Å². The van der Waals surface area contributed by atoms with Gasteiger partial charge in [0, 0.05) is 25.1 Å². The first-order valence-electron chi connectivity index (χ1n) is 9.54. The minimum atomic E-state index is -3.78. The van der Waals surface area contributed by atoms with Crippen LogP contribution in [-0.2, 0) is 16.6 Å². The van der Waals surface area contributed by atoms with Gasteiger partial charge in [0.15, 0.2) is 0 Å². The number of aromatic nitrogens is 2. The molecule has 0 saturated carbocycles. The Balaban J connectivity index is 1.69. The van der Waals surface area contributed by atoms with Crippen LogP contribution in [0.4, 0.5) is 0 Å². The molecule has 1 aromatic heterocycles. The fraction of sp³-hybridized carbons (Fsp3) is 0.130. The maximum atomic E-state index is 13.3. The molecule has 0 bridgehead atoms. The maximum Gasteiger partial charge on any atom is 0.243 e. The van der Waals surface area contributed by atoms with Crippen LogP contribution in [0, 0.1) is 11.3 Å². The number of H-pyrrole nitrogens is 1. The monoisotopic (exact) mass is 416 g/mol. The van der Waals surface area contributed by atoms with Gasteiger partial charge < -0.3 is 4.98 Å². The summed E-state index contributed by atoms with van der Waals surface area (Å²) in [6.07, 6.45) is 0.122. The number of benzene rings is 3. The van der Waals surface area contributed by atoms with E-state index in [9.17, 15) is 8.42 Å². The Morgan fingerprint density at radius 2 is 1.67 bits per heavy atom. The predicted octanol–water partition coefficient (Wildman–Crippen LogP) is 4.33. The molecule has 0 aliphatic rings. The van der Waals surface area contributed by atoms with E-state index in [1.165, 1.54) is 4.31 Å². The van der Waals surface area contributed by atoms with Crippen molar-refractivity contribution in [1.82, 2.24) is 14.3 Å². The van der Waals surface area contributed by atoms with Crippen molar-refractivity contribution in [3.05, 3.63) is 84.4 Å². The van der Waals surface area contributed by atoms with Gasteiger partial charge in [0.1, 0.15) is 5.82 Å². The SMILES string of the molecule is N#CCCN(Cc1ccccc1)S(=O)(=O)c1ccc2nc(-c3ccccc3)[nH]c2c1. The average Bonchev–Trinajstić information content (AvgIpc) is 3.21. The quantitative estimate of drug-likeness (QED) is 0.485. The fourth-order valence-corrected chi connectivity index (χ4v) is 4.73. The number of aromatic amines is 1. The Morgan fingerprint density at radius 3 is 2.37 bits per heavy atom. The van der Waals surface area contributed by atoms with Crippen LogP contribution in [0.2, 0.25) is 0 Å². The van der Waals surface area contributed by atoms with Crippen LogP contribution in [0.1, 0.15) is 12.0 Å². The second-order valence-electron chi connectivity index (χ2n) is 6.86. The van der Waals surface area contributed by atoms with Gasteiger partial charge in [-0.3, -0.25) is 0 Å². The van der Waals surface area contributed by atoms with Gasteiger partial charge in [-0.25, -0.2) is 13.4 Å². The van der Waals surface area contributed by atoms with E-state index in [0.29, 0.717) is 16.9 Å². The van der Waals surface area contributed by atoms with E-state index in [4.69, 9.17) is 5.26 Å². The smallest absolute Gasteiger partial charge is 0.243 e. The molecule has 0 unspecified atom stereocenters. The van der Waals surface area contributed by atoms with E-state index in [-0.39, 0.29) is 24.4 Å².